The molecule has 2 nitrogen and oxygen atoms in total. The molecule has 0 unspecified atom stereocenters. The number of hydrogen-bond acceptors (Lipinski definition) is 2. The zero-order valence-corrected chi connectivity index (χ0v) is 8.40. The topological polar surface area (TPSA) is 12.5 Å². The molecular weight excluding hydrogens is 181 g/mol. The summed E-state index contributed by atoms with van der Waals surface area (Å²) in [5.74, 6) is 0. The molecule has 0 aromatic heterocycles. The maximum Gasteiger partial charge on any atom is 0.0642 e. The Morgan fingerprint density at radius 3 is 2.21 bits per heavy atom. The minimum Gasteiger partial charge on any atom is -0.378 e. The van der Waals surface area contributed by atoms with E-state index in [-0.39, 0.29) is 4.70 Å². The molecular formula is C11H16FNO. The largest absolute Gasteiger partial charge is 0.378 e. The van der Waals surface area contributed by atoms with Gasteiger partial charge in [-0.3, -0.25) is 4.70 Å². The fourth-order valence-corrected chi connectivity index (χ4v) is 1.58. The molecule has 0 atom stereocenters. The second-order valence-electron chi connectivity index (χ2n) is 3.43. The van der Waals surface area contributed by atoms with Crippen LogP contribution in [0.2, 0.25) is 0 Å². The summed E-state index contributed by atoms with van der Waals surface area (Å²) >= 11 is 0. The standard InChI is InChI=1S/C11H15NO.FH/c1-10-2-4-11(5-3-10)12-6-8-13-9-7-12;/h2-5H,6-9H2,1H3;1H. The monoisotopic (exact) mass is 197 g/mol. The van der Waals surface area contributed by atoms with Crippen molar-refractivity contribution in [3.63, 3.8) is 0 Å². The zero-order valence-electron chi connectivity index (χ0n) is 8.40. The Morgan fingerprint density at radius 1 is 1.07 bits per heavy atom. The van der Waals surface area contributed by atoms with Gasteiger partial charge in [0.2, 0.25) is 0 Å². The number of nitrogens with zero attached hydrogens (tertiary/aromatic N) is 1. The second-order valence-corrected chi connectivity index (χ2v) is 3.43. The summed E-state index contributed by atoms with van der Waals surface area (Å²) in [4.78, 5) is 2.36. The quantitative estimate of drug-likeness (QED) is 0.682. The molecule has 0 amide bonds. The predicted molar refractivity (Wildman–Crippen MR) is 56.7 cm³/mol. The van der Waals surface area contributed by atoms with Crippen molar-refractivity contribution in [3.05, 3.63) is 29.8 Å². The van der Waals surface area contributed by atoms with Crippen LogP contribution < -0.4 is 4.90 Å². The summed E-state index contributed by atoms with van der Waals surface area (Å²) in [5, 5.41) is 0. The molecule has 1 heterocycles. The highest BCUT2D eigenvalue weighted by Crippen LogP contribution is 2.15. The number of halogens is 1. The average Bonchev–Trinajstić information content (AvgIpc) is 2.20. The first-order chi connectivity index (χ1) is 6.36. The van der Waals surface area contributed by atoms with E-state index in [4.69, 9.17) is 4.74 Å². The van der Waals surface area contributed by atoms with Crippen LogP contribution in [0, 0.1) is 6.92 Å². The van der Waals surface area contributed by atoms with Gasteiger partial charge in [0.15, 0.2) is 0 Å². The predicted octanol–water partition coefficient (Wildman–Crippen LogP) is 1.98. The Balaban J connectivity index is 0.000000980. The van der Waals surface area contributed by atoms with Gasteiger partial charge < -0.3 is 9.64 Å². The molecule has 2 rings (SSSR count). The van der Waals surface area contributed by atoms with Crippen molar-refractivity contribution in [1.82, 2.24) is 0 Å². The van der Waals surface area contributed by atoms with Gasteiger partial charge in [-0.25, -0.2) is 0 Å². The van der Waals surface area contributed by atoms with Crippen LogP contribution in [-0.2, 0) is 4.74 Å². The molecule has 0 N–H and O–H groups in total. The van der Waals surface area contributed by atoms with Crippen LogP contribution in [-0.4, -0.2) is 26.3 Å². The molecule has 1 aliphatic heterocycles. The van der Waals surface area contributed by atoms with Gasteiger partial charge in [-0.15, -0.1) is 0 Å². The number of hydrogen-bond donors (Lipinski definition) is 0. The molecule has 0 bridgehead atoms. The highest BCUT2D eigenvalue weighted by Gasteiger charge is 2.09. The van der Waals surface area contributed by atoms with Crippen molar-refractivity contribution in [3.8, 4) is 0 Å². The zero-order chi connectivity index (χ0) is 9.10. The van der Waals surface area contributed by atoms with Crippen LogP contribution in [0.4, 0.5) is 10.4 Å². The lowest BCUT2D eigenvalue weighted by Crippen LogP contribution is -2.36. The van der Waals surface area contributed by atoms with E-state index in [0.717, 1.165) is 26.3 Å². The van der Waals surface area contributed by atoms with Gasteiger partial charge in [-0.2, -0.15) is 0 Å². The molecule has 0 saturated carbocycles. The first-order valence-electron chi connectivity index (χ1n) is 4.75. The average molecular weight is 197 g/mol. The number of morpholine rings is 1. The third kappa shape index (κ3) is 2.45. The van der Waals surface area contributed by atoms with Gasteiger partial charge in [0.1, 0.15) is 0 Å². The third-order valence-electron chi connectivity index (χ3n) is 2.41. The van der Waals surface area contributed by atoms with Gasteiger partial charge in [-0.1, -0.05) is 17.7 Å². The maximum atomic E-state index is 5.30. The molecule has 1 aromatic rings. The van der Waals surface area contributed by atoms with Crippen molar-refractivity contribution in [2.75, 3.05) is 31.2 Å². The maximum absolute atomic E-state index is 5.30. The second kappa shape index (κ2) is 4.96. The molecule has 14 heavy (non-hydrogen) atoms. The minimum absolute atomic E-state index is 0. The number of ether oxygens (including phenoxy) is 1. The lowest BCUT2D eigenvalue weighted by Gasteiger charge is -2.28. The fourth-order valence-electron chi connectivity index (χ4n) is 1.58. The van der Waals surface area contributed by atoms with Crippen LogP contribution in [0.1, 0.15) is 5.56 Å². The van der Waals surface area contributed by atoms with E-state index in [0.29, 0.717) is 0 Å². The molecule has 1 aliphatic rings. The van der Waals surface area contributed by atoms with Crippen LogP contribution >= 0.6 is 0 Å². The normalized spacial score (nSPS) is 16.2. The van der Waals surface area contributed by atoms with E-state index >= 15 is 0 Å². The van der Waals surface area contributed by atoms with Gasteiger partial charge in [0.05, 0.1) is 13.2 Å². The SMILES string of the molecule is Cc1ccc(N2CCOCC2)cc1.F. The molecule has 0 aliphatic carbocycles. The number of anilines is 1. The summed E-state index contributed by atoms with van der Waals surface area (Å²) in [7, 11) is 0. The van der Waals surface area contributed by atoms with E-state index in [1.165, 1.54) is 11.3 Å². The van der Waals surface area contributed by atoms with E-state index in [1.54, 1.807) is 0 Å². The smallest absolute Gasteiger partial charge is 0.0642 e. The summed E-state index contributed by atoms with van der Waals surface area (Å²) in [5.41, 5.74) is 2.63. The fraction of sp³-hybridized carbons (Fsp3) is 0.455. The van der Waals surface area contributed by atoms with Crippen LogP contribution in [0.15, 0.2) is 24.3 Å². The molecule has 1 saturated heterocycles. The van der Waals surface area contributed by atoms with Crippen LogP contribution in [0.5, 0.6) is 0 Å². The summed E-state index contributed by atoms with van der Waals surface area (Å²) in [6.07, 6.45) is 0. The Labute approximate surface area is 83.9 Å². The molecule has 78 valence electrons. The first-order valence-corrected chi connectivity index (χ1v) is 4.75. The first kappa shape index (κ1) is 11.0. The summed E-state index contributed by atoms with van der Waals surface area (Å²) in [6, 6.07) is 8.68. The lowest BCUT2D eigenvalue weighted by atomic mass is 10.2. The van der Waals surface area contributed by atoms with E-state index in [9.17, 15) is 0 Å². The molecule has 3 heteroatoms. The lowest BCUT2D eigenvalue weighted by molar-refractivity contribution is 0.122. The molecule has 1 fully saturated rings. The Morgan fingerprint density at radius 2 is 1.64 bits per heavy atom. The Hall–Kier alpha value is -1.09. The number of benzene rings is 1. The molecule has 1 aromatic carbocycles. The Bertz CT molecular complexity index is 267. The highest BCUT2D eigenvalue weighted by molar-refractivity contribution is 5.47. The van der Waals surface area contributed by atoms with Crippen molar-refractivity contribution in [1.29, 1.82) is 0 Å². The van der Waals surface area contributed by atoms with Crippen LogP contribution in [0.25, 0.3) is 0 Å². The van der Waals surface area contributed by atoms with Gasteiger partial charge in [0.25, 0.3) is 0 Å². The van der Waals surface area contributed by atoms with Gasteiger partial charge in [-0.05, 0) is 19.1 Å². The highest BCUT2D eigenvalue weighted by atomic mass is 19.0. The van der Waals surface area contributed by atoms with Crippen molar-refractivity contribution >= 4 is 5.69 Å². The molecule has 0 spiro atoms. The Kier molecular flexibility index (Phi) is 3.89. The minimum atomic E-state index is 0. The van der Waals surface area contributed by atoms with E-state index in [1.807, 2.05) is 0 Å². The van der Waals surface area contributed by atoms with Crippen LogP contribution in [0.3, 0.4) is 0 Å². The number of rotatable bonds is 1. The van der Waals surface area contributed by atoms with Gasteiger partial charge in [0, 0.05) is 18.8 Å². The third-order valence-corrected chi connectivity index (χ3v) is 2.41. The van der Waals surface area contributed by atoms with Crippen molar-refractivity contribution in [2.24, 2.45) is 0 Å². The number of aryl methyl sites for hydroxylation is 1. The summed E-state index contributed by atoms with van der Waals surface area (Å²) < 4.78 is 5.30. The summed E-state index contributed by atoms with van der Waals surface area (Å²) in [6.45, 7) is 5.86. The molecule has 0 radical (unpaired) electrons. The van der Waals surface area contributed by atoms with Crippen molar-refractivity contribution in [2.45, 2.75) is 6.92 Å². The van der Waals surface area contributed by atoms with Crippen molar-refractivity contribution < 1.29 is 9.44 Å². The van der Waals surface area contributed by atoms with E-state index in [2.05, 4.69) is 36.1 Å². The van der Waals surface area contributed by atoms with Gasteiger partial charge >= 0.3 is 0 Å². The van der Waals surface area contributed by atoms with E-state index < -0.39 is 0 Å².